The van der Waals surface area contributed by atoms with Gasteiger partial charge in [-0.05, 0) is 15.4 Å². The summed E-state index contributed by atoms with van der Waals surface area (Å²) in [6.07, 6.45) is 0.421. The zero-order valence-electron chi connectivity index (χ0n) is 15.5. The largest absolute Gasteiger partial charge is 0.402 e. The lowest BCUT2D eigenvalue weighted by atomic mass is 10.2. The summed E-state index contributed by atoms with van der Waals surface area (Å²) in [5, 5.41) is 2.46. The molecule has 0 saturated carbocycles. The van der Waals surface area contributed by atoms with Crippen LogP contribution in [0.3, 0.4) is 0 Å². The van der Waals surface area contributed by atoms with E-state index < -0.39 is 8.32 Å². The Morgan fingerprint density at radius 3 is 1.80 bits per heavy atom. The van der Waals surface area contributed by atoms with Crippen molar-refractivity contribution in [2.45, 2.75) is 38.3 Å². The van der Waals surface area contributed by atoms with Crippen LogP contribution in [0.1, 0.15) is 27.2 Å². The van der Waals surface area contributed by atoms with Crippen molar-refractivity contribution in [3.05, 3.63) is 60.7 Å². The number of hydrogen-bond acceptors (Lipinski definition) is 2. The predicted molar refractivity (Wildman–Crippen MR) is 105 cm³/mol. The molecule has 0 N–H and O–H groups in total. The Morgan fingerprint density at radius 2 is 1.44 bits per heavy atom. The van der Waals surface area contributed by atoms with Gasteiger partial charge < -0.3 is 9.33 Å². The van der Waals surface area contributed by atoms with Crippen LogP contribution in [-0.4, -0.2) is 38.8 Å². The molecular formula is C21H27NO2Si. The van der Waals surface area contributed by atoms with Gasteiger partial charge >= 0.3 is 0 Å². The molecular weight excluding hydrogens is 326 g/mol. The Kier molecular flexibility index (Phi) is 4.85. The summed E-state index contributed by atoms with van der Waals surface area (Å²) in [6.45, 7) is 7.46. The molecule has 1 fully saturated rings. The van der Waals surface area contributed by atoms with Crippen LogP contribution in [-0.2, 0) is 9.22 Å². The fourth-order valence-corrected chi connectivity index (χ4v) is 8.52. The normalized spacial score (nSPS) is 18.6. The van der Waals surface area contributed by atoms with Crippen molar-refractivity contribution in [1.82, 2.24) is 4.90 Å². The van der Waals surface area contributed by atoms with Gasteiger partial charge in [-0.25, -0.2) is 0 Å². The second kappa shape index (κ2) is 6.77. The Hall–Kier alpha value is -1.91. The van der Waals surface area contributed by atoms with Crippen LogP contribution in [0.25, 0.3) is 0 Å². The van der Waals surface area contributed by atoms with Gasteiger partial charge in [-0.3, -0.25) is 4.79 Å². The lowest BCUT2D eigenvalue weighted by Crippen LogP contribution is -2.67. The van der Waals surface area contributed by atoms with Crippen molar-refractivity contribution in [3.8, 4) is 0 Å². The molecule has 2 aromatic rings. The van der Waals surface area contributed by atoms with Gasteiger partial charge in [-0.1, -0.05) is 81.4 Å². The Balaban J connectivity index is 2.14. The predicted octanol–water partition coefficient (Wildman–Crippen LogP) is 2.79. The average molecular weight is 354 g/mol. The quantitative estimate of drug-likeness (QED) is 0.791. The van der Waals surface area contributed by atoms with Crippen LogP contribution in [0.2, 0.25) is 5.04 Å². The Morgan fingerprint density at radius 1 is 0.960 bits per heavy atom. The van der Waals surface area contributed by atoms with Crippen molar-refractivity contribution >= 4 is 24.6 Å². The summed E-state index contributed by atoms with van der Waals surface area (Å²) in [6, 6.07) is 21.2. The number of rotatable bonds is 4. The molecule has 1 atom stereocenters. The Labute approximate surface area is 151 Å². The van der Waals surface area contributed by atoms with E-state index in [4.69, 9.17) is 4.43 Å². The molecule has 0 radical (unpaired) electrons. The van der Waals surface area contributed by atoms with E-state index in [-0.39, 0.29) is 17.0 Å². The maximum absolute atomic E-state index is 12.1. The molecule has 1 aliphatic rings. The van der Waals surface area contributed by atoms with Crippen LogP contribution in [0.4, 0.5) is 0 Å². The van der Waals surface area contributed by atoms with Crippen LogP contribution in [0.5, 0.6) is 0 Å². The zero-order valence-corrected chi connectivity index (χ0v) is 16.5. The van der Waals surface area contributed by atoms with Gasteiger partial charge in [-0.15, -0.1) is 0 Å². The number of likely N-dealkylation sites (tertiary alicyclic amines) is 1. The topological polar surface area (TPSA) is 29.5 Å². The summed E-state index contributed by atoms with van der Waals surface area (Å²) < 4.78 is 6.95. The van der Waals surface area contributed by atoms with E-state index in [0.29, 0.717) is 13.0 Å². The van der Waals surface area contributed by atoms with E-state index in [9.17, 15) is 4.79 Å². The minimum absolute atomic E-state index is 0.0520. The van der Waals surface area contributed by atoms with Crippen molar-refractivity contribution in [3.63, 3.8) is 0 Å². The highest BCUT2D eigenvalue weighted by Crippen LogP contribution is 2.38. The standard InChI is InChI=1S/C21H27NO2Si/c1-21(2,3)25(18-11-7-5-8-12-18,19-13-9-6-10-14-19)24-17-15-20(23)22(4)16-17/h5-14,17H,15-16H2,1-4H3/t17-/m1/s1. The molecule has 1 saturated heterocycles. The molecule has 3 rings (SSSR count). The molecule has 25 heavy (non-hydrogen) atoms. The van der Waals surface area contributed by atoms with Gasteiger partial charge in [-0.2, -0.15) is 0 Å². The molecule has 4 heteroatoms. The van der Waals surface area contributed by atoms with Crippen LogP contribution in [0.15, 0.2) is 60.7 Å². The number of amides is 1. The van der Waals surface area contributed by atoms with Gasteiger partial charge in [0.25, 0.3) is 8.32 Å². The molecule has 3 nitrogen and oxygen atoms in total. The highest BCUT2D eigenvalue weighted by Gasteiger charge is 2.52. The minimum atomic E-state index is -2.55. The van der Waals surface area contributed by atoms with E-state index >= 15 is 0 Å². The second-order valence-electron chi connectivity index (χ2n) is 7.88. The van der Waals surface area contributed by atoms with E-state index in [1.54, 1.807) is 4.90 Å². The molecule has 0 aromatic heterocycles. The zero-order chi connectivity index (χ0) is 18.1. The molecule has 0 aliphatic carbocycles. The number of likely N-dealkylation sites (N-methyl/N-ethyl adjacent to an activating group) is 1. The lowest BCUT2D eigenvalue weighted by molar-refractivity contribution is -0.126. The number of benzene rings is 2. The molecule has 0 unspecified atom stereocenters. The molecule has 132 valence electrons. The smallest absolute Gasteiger partial charge is 0.261 e. The summed E-state index contributed by atoms with van der Waals surface area (Å²) in [5.74, 6) is 0.169. The fourth-order valence-electron chi connectivity index (χ4n) is 3.84. The molecule has 1 heterocycles. The summed E-state index contributed by atoms with van der Waals surface area (Å²) in [4.78, 5) is 13.8. The Bertz CT molecular complexity index is 685. The molecule has 0 bridgehead atoms. The fraction of sp³-hybridized carbons (Fsp3) is 0.381. The average Bonchev–Trinajstić information content (AvgIpc) is 2.91. The SMILES string of the molecule is CN1C[C@H](O[Si](c2ccccc2)(c2ccccc2)C(C)(C)C)CC1=O. The van der Waals surface area contributed by atoms with E-state index in [0.717, 1.165) is 0 Å². The molecule has 2 aromatic carbocycles. The van der Waals surface area contributed by atoms with E-state index in [2.05, 4.69) is 69.3 Å². The monoisotopic (exact) mass is 353 g/mol. The maximum Gasteiger partial charge on any atom is 0.261 e. The van der Waals surface area contributed by atoms with Crippen molar-refractivity contribution < 1.29 is 9.22 Å². The maximum atomic E-state index is 12.1. The third-order valence-electron chi connectivity index (χ3n) is 5.07. The van der Waals surface area contributed by atoms with Gasteiger partial charge in [0, 0.05) is 13.6 Å². The first-order valence-electron chi connectivity index (χ1n) is 8.87. The first-order chi connectivity index (χ1) is 11.8. The van der Waals surface area contributed by atoms with Crippen LogP contribution < -0.4 is 10.4 Å². The van der Waals surface area contributed by atoms with Crippen molar-refractivity contribution in [1.29, 1.82) is 0 Å². The van der Waals surface area contributed by atoms with Crippen LogP contribution >= 0.6 is 0 Å². The van der Waals surface area contributed by atoms with E-state index in [1.807, 2.05) is 19.2 Å². The number of nitrogens with zero attached hydrogens (tertiary/aromatic N) is 1. The summed E-state index contributed by atoms with van der Waals surface area (Å²) in [7, 11) is -0.694. The second-order valence-corrected chi connectivity index (χ2v) is 12.1. The van der Waals surface area contributed by atoms with Gasteiger partial charge in [0.15, 0.2) is 0 Å². The highest BCUT2D eigenvalue weighted by atomic mass is 28.4. The van der Waals surface area contributed by atoms with E-state index in [1.165, 1.54) is 10.4 Å². The third-order valence-corrected chi connectivity index (χ3v) is 10.2. The minimum Gasteiger partial charge on any atom is -0.402 e. The van der Waals surface area contributed by atoms with Gasteiger partial charge in [0.1, 0.15) is 0 Å². The molecule has 0 spiro atoms. The molecule has 1 aliphatic heterocycles. The number of carbonyl (C=O) groups is 1. The first kappa shape index (κ1) is 17.9. The van der Waals surface area contributed by atoms with Crippen molar-refractivity contribution in [2.24, 2.45) is 0 Å². The third kappa shape index (κ3) is 3.28. The van der Waals surface area contributed by atoms with Gasteiger partial charge in [0.05, 0.1) is 12.5 Å². The summed E-state index contributed by atoms with van der Waals surface area (Å²) in [5.41, 5.74) is 0. The van der Waals surface area contributed by atoms with Crippen LogP contribution in [0, 0.1) is 0 Å². The van der Waals surface area contributed by atoms with Crippen molar-refractivity contribution in [2.75, 3.05) is 13.6 Å². The molecule has 1 amide bonds. The van der Waals surface area contributed by atoms with Gasteiger partial charge in [0.2, 0.25) is 5.91 Å². The summed E-state index contributed by atoms with van der Waals surface area (Å²) >= 11 is 0. The number of hydrogen-bond donors (Lipinski definition) is 0. The highest BCUT2D eigenvalue weighted by molar-refractivity contribution is 6.99. The lowest BCUT2D eigenvalue weighted by Gasteiger charge is -2.44. The first-order valence-corrected chi connectivity index (χ1v) is 10.8. The number of carbonyl (C=O) groups excluding carboxylic acids is 1.